The molecule has 1 unspecified atom stereocenters. The average molecular weight is 990 g/mol. The maximum atomic E-state index is 12.9. The molecule has 0 rings (SSSR count). The van der Waals surface area contributed by atoms with Gasteiger partial charge in [0.05, 0.1) is 0 Å². The monoisotopic (exact) mass is 989 g/mol. The largest absolute Gasteiger partial charge is 0.462 e. The number of ether oxygens (including phenoxy) is 3. The molecule has 0 N–H and O–H groups in total. The van der Waals surface area contributed by atoms with Crippen LogP contribution < -0.4 is 0 Å². The van der Waals surface area contributed by atoms with Gasteiger partial charge in [0.15, 0.2) is 6.10 Å². The third-order valence-electron chi connectivity index (χ3n) is 12.9. The summed E-state index contributed by atoms with van der Waals surface area (Å²) in [5.74, 6) is -0.904. The fourth-order valence-corrected chi connectivity index (χ4v) is 8.33. The number of hydrogen-bond donors (Lipinski definition) is 0. The number of unbranched alkanes of at least 4 members (excludes halogenated alkanes) is 29. The van der Waals surface area contributed by atoms with Crippen LogP contribution in [0.25, 0.3) is 0 Å². The molecule has 0 aromatic heterocycles. The van der Waals surface area contributed by atoms with E-state index in [1.165, 1.54) is 135 Å². The van der Waals surface area contributed by atoms with E-state index in [9.17, 15) is 14.4 Å². The Kier molecular flexibility index (Phi) is 56.3. The Labute approximate surface area is 439 Å². The van der Waals surface area contributed by atoms with Crippen LogP contribution >= 0.6 is 0 Å². The molecule has 0 aliphatic carbocycles. The van der Waals surface area contributed by atoms with Crippen molar-refractivity contribution in [3.05, 3.63) is 85.1 Å². The van der Waals surface area contributed by atoms with Crippen LogP contribution in [0.15, 0.2) is 85.1 Å². The first kappa shape index (κ1) is 67.6. The smallest absolute Gasteiger partial charge is 0.306 e. The number of allylic oxidation sites excluding steroid dienone is 14. The van der Waals surface area contributed by atoms with Crippen LogP contribution in [0.2, 0.25) is 0 Å². The van der Waals surface area contributed by atoms with Gasteiger partial charge in [-0.15, -0.1) is 0 Å². The highest BCUT2D eigenvalue weighted by atomic mass is 16.6. The van der Waals surface area contributed by atoms with Crippen molar-refractivity contribution < 1.29 is 28.6 Å². The Bertz CT molecular complexity index is 1370. The molecule has 0 aromatic rings. The van der Waals surface area contributed by atoms with Crippen molar-refractivity contribution in [3.63, 3.8) is 0 Å². The van der Waals surface area contributed by atoms with E-state index >= 15 is 0 Å². The molecule has 0 spiro atoms. The van der Waals surface area contributed by atoms with Crippen molar-refractivity contribution >= 4 is 17.9 Å². The van der Waals surface area contributed by atoms with E-state index in [-0.39, 0.29) is 31.1 Å². The standard InChI is InChI=1S/C65H112O6/c1-4-7-10-13-16-19-22-25-28-30-31-32-33-34-35-36-38-40-43-46-49-52-55-58-64(67)70-61-62(60-69-63(66)57-54-51-48-45-42-39-27-24-21-18-15-12-9-6-3)71-65(68)59-56-53-50-47-44-41-37-29-26-23-20-17-14-11-8-5-2/h7,10,15-16,18-19,24-25,27-29,31-32,37,62H,4-6,8-9,11-14,17,20-23,26,30,33-36,38-61H2,1-3H3/b10-7-,18-15-,19-16-,27-24-,28-25-,32-31-,37-29-. The predicted octanol–water partition coefficient (Wildman–Crippen LogP) is 20.3. The molecule has 0 bridgehead atoms. The average Bonchev–Trinajstić information content (AvgIpc) is 3.37. The maximum absolute atomic E-state index is 12.9. The highest BCUT2D eigenvalue weighted by molar-refractivity contribution is 5.71. The first-order valence-electron chi connectivity index (χ1n) is 30.1. The molecule has 0 fully saturated rings. The van der Waals surface area contributed by atoms with E-state index in [4.69, 9.17) is 14.2 Å². The van der Waals surface area contributed by atoms with E-state index in [0.717, 1.165) is 116 Å². The van der Waals surface area contributed by atoms with Gasteiger partial charge in [-0.2, -0.15) is 0 Å². The highest BCUT2D eigenvalue weighted by Gasteiger charge is 2.19. The number of carbonyl (C=O) groups excluding carboxylic acids is 3. The molecule has 0 radical (unpaired) electrons. The van der Waals surface area contributed by atoms with Crippen molar-refractivity contribution in [1.82, 2.24) is 0 Å². The first-order valence-corrected chi connectivity index (χ1v) is 30.1. The van der Waals surface area contributed by atoms with E-state index in [1.807, 2.05) is 0 Å². The van der Waals surface area contributed by atoms with Crippen molar-refractivity contribution in [1.29, 1.82) is 0 Å². The minimum atomic E-state index is -0.789. The number of esters is 3. The fourth-order valence-electron chi connectivity index (χ4n) is 8.33. The quantitative estimate of drug-likeness (QED) is 0.0261. The SMILES string of the molecule is CC/C=C\C/C=C\C/C=C\C/C=C\CCCCCCCCCCCCC(=O)OCC(COC(=O)CCCCCCC/C=C\C/C=C\CCCC)OC(=O)CCCCCCC/C=C\CCCCCCCCC. The third kappa shape index (κ3) is 57.4. The zero-order chi connectivity index (χ0) is 51.4. The normalized spacial score (nSPS) is 12.7. The minimum absolute atomic E-state index is 0.0859. The van der Waals surface area contributed by atoms with Crippen LogP contribution in [-0.4, -0.2) is 37.2 Å². The van der Waals surface area contributed by atoms with E-state index in [1.54, 1.807) is 0 Å². The van der Waals surface area contributed by atoms with Gasteiger partial charge in [-0.25, -0.2) is 0 Å². The van der Waals surface area contributed by atoms with Gasteiger partial charge in [0.2, 0.25) is 0 Å². The molecule has 0 aliphatic rings. The summed E-state index contributed by atoms with van der Waals surface area (Å²) in [4.78, 5) is 38.2. The second kappa shape index (κ2) is 59.2. The summed E-state index contributed by atoms with van der Waals surface area (Å²) < 4.78 is 16.9. The molecule has 0 saturated carbocycles. The van der Waals surface area contributed by atoms with Crippen LogP contribution in [-0.2, 0) is 28.6 Å². The number of carbonyl (C=O) groups is 3. The molecular weight excluding hydrogens is 877 g/mol. The molecule has 1 atom stereocenters. The van der Waals surface area contributed by atoms with Gasteiger partial charge in [-0.1, -0.05) is 247 Å². The summed E-state index contributed by atoms with van der Waals surface area (Å²) in [6.45, 7) is 6.48. The lowest BCUT2D eigenvalue weighted by molar-refractivity contribution is -0.167. The predicted molar refractivity (Wildman–Crippen MR) is 307 cm³/mol. The van der Waals surface area contributed by atoms with Crippen LogP contribution in [0.5, 0.6) is 0 Å². The Morgan fingerprint density at radius 2 is 0.563 bits per heavy atom. The summed E-state index contributed by atoms with van der Waals surface area (Å²) in [7, 11) is 0. The van der Waals surface area contributed by atoms with E-state index < -0.39 is 6.10 Å². The van der Waals surface area contributed by atoms with E-state index in [0.29, 0.717) is 19.3 Å². The topological polar surface area (TPSA) is 78.9 Å². The van der Waals surface area contributed by atoms with Crippen molar-refractivity contribution in [2.24, 2.45) is 0 Å². The summed E-state index contributed by atoms with van der Waals surface area (Å²) in [5.41, 5.74) is 0. The van der Waals surface area contributed by atoms with Gasteiger partial charge >= 0.3 is 17.9 Å². The molecule has 6 heteroatoms. The van der Waals surface area contributed by atoms with Gasteiger partial charge in [-0.05, 0) is 109 Å². The van der Waals surface area contributed by atoms with Gasteiger partial charge in [0.1, 0.15) is 13.2 Å². The lowest BCUT2D eigenvalue weighted by Crippen LogP contribution is -2.30. The van der Waals surface area contributed by atoms with Crippen molar-refractivity contribution in [2.75, 3.05) is 13.2 Å². The Morgan fingerprint density at radius 1 is 0.296 bits per heavy atom. The minimum Gasteiger partial charge on any atom is -0.462 e. The maximum Gasteiger partial charge on any atom is 0.306 e. The Morgan fingerprint density at radius 3 is 0.915 bits per heavy atom. The Balaban J connectivity index is 4.36. The fraction of sp³-hybridized carbons (Fsp3) is 0.738. The molecule has 0 amide bonds. The second-order valence-electron chi connectivity index (χ2n) is 19.9. The van der Waals surface area contributed by atoms with Gasteiger partial charge in [0, 0.05) is 19.3 Å². The molecule has 0 aliphatic heterocycles. The zero-order valence-electron chi connectivity index (χ0n) is 46.7. The van der Waals surface area contributed by atoms with Crippen LogP contribution in [0.3, 0.4) is 0 Å². The molecule has 408 valence electrons. The van der Waals surface area contributed by atoms with E-state index in [2.05, 4.69) is 106 Å². The van der Waals surface area contributed by atoms with Gasteiger partial charge in [0.25, 0.3) is 0 Å². The first-order chi connectivity index (χ1) is 35.0. The third-order valence-corrected chi connectivity index (χ3v) is 12.9. The highest BCUT2D eigenvalue weighted by Crippen LogP contribution is 2.15. The molecular formula is C65H112O6. The molecule has 0 aromatic carbocycles. The summed E-state index contributed by atoms with van der Waals surface area (Å²) in [5, 5.41) is 0. The lowest BCUT2D eigenvalue weighted by Gasteiger charge is -2.18. The van der Waals surface area contributed by atoms with Crippen LogP contribution in [0.4, 0.5) is 0 Å². The number of hydrogen-bond acceptors (Lipinski definition) is 6. The van der Waals surface area contributed by atoms with Gasteiger partial charge < -0.3 is 14.2 Å². The van der Waals surface area contributed by atoms with Gasteiger partial charge in [-0.3, -0.25) is 14.4 Å². The lowest BCUT2D eigenvalue weighted by atomic mass is 10.1. The van der Waals surface area contributed by atoms with Crippen molar-refractivity contribution in [2.45, 2.75) is 297 Å². The second-order valence-corrected chi connectivity index (χ2v) is 19.9. The van der Waals surface area contributed by atoms with Crippen LogP contribution in [0, 0.1) is 0 Å². The summed E-state index contributed by atoms with van der Waals surface area (Å²) in [6, 6.07) is 0. The molecule has 71 heavy (non-hydrogen) atoms. The summed E-state index contributed by atoms with van der Waals surface area (Å²) in [6.07, 6.45) is 77.2. The van der Waals surface area contributed by atoms with Crippen LogP contribution in [0.1, 0.15) is 290 Å². The van der Waals surface area contributed by atoms with Crippen molar-refractivity contribution in [3.8, 4) is 0 Å². The number of rotatable bonds is 54. The molecule has 0 heterocycles. The zero-order valence-corrected chi connectivity index (χ0v) is 46.7. The molecule has 0 saturated heterocycles. The summed E-state index contributed by atoms with van der Waals surface area (Å²) >= 11 is 0. The Hall–Kier alpha value is -3.41. The molecule has 6 nitrogen and oxygen atoms in total.